The number of hydrogen-bond donors (Lipinski definition) is 1. The van der Waals surface area contributed by atoms with Crippen LogP contribution in [0.4, 0.5) is 0 Å². The van der Waals surface area contributed by atoms with E-state index in [1.165, 1.54) is 12.8 Å². The highest BCUT2D eigenvalue weighted by Gasteiger charge is 2.46. The fourth-order valence-corrected chi connectivity index (χ4v) is 2.44. The largest absolute Gasteiger partial charge is 0.343 e. The summed E-state index contributed by atoms with van der Waals surface area (Å²) in [5.74, 6) is 0.835. The first-order valence-electron chi connectivity index (χ1n) is 6.61. The molecule has 2 amide bonds. The van der Waals surface area contributed by atoms with Crippen LogP contribution in [0.5, 0.6) is 0 Å². The van der Waals surface area contributed by atoms with Gasteiger partial charge >= 0.3 is 0 Å². The molecule has 0 aromatic heterocycles. The summed E-state index contributed by atoms with van der Waals surface area (Å²) in [6.07, 6.45) is 4.28. The summed E-state index contributed by atoms with van der Waals surface area (Å²) in [6.45, 7) is 6.33. The number of rotatable bonds is 4. The molecule has 1 aliphatic heterocycles. The van der Waals surface area contributed by atoms with Crippen LogP contribution in [0.25, 0.3) is 0 Å². The van der Waals surface area contributed by atoms with Gasteiger partial charge in [0.2, 0.25) is 11.8 Å². The molecule has 4 heteroatoms. The first kappa shape index (κ1) is 12.4. The van der Waals surface area contributed by atoms with Crippen molar-refractivity contribution in [1.29, 1.82) is 0 Å². The predicted molar refractivity (Wildman–Crippen MR) is 65.4 cm³/mol. The van der Waals surface area contributed by atoms with Crippen molar-refractivity contribution >= 4 is 11.8 Å². The van der Waals surface area contributed by atoms with Crippen LogP contribution in [-0.4, -0.2) is 34.8 Å². The maximum atomic E-state index is 12.2. The fraction of sp³-hybridized carbons (Fsp3) is 0.846. The van der Waals surface area contributed by atoms with E-state index in [1.807, 2.05) is 13.8 Å². The number of carbonyl (C=O) groups is 2. The Labute approximate surface area is 103 Å². The summed E-state index contributed by atoms with van der Waals surface area (Å²) >= 11 is 0. The van der Waals surface area contributed by atoms with E-state index < -0.39 is 5.54 Å². The highest BCUT2D eigenvalue weighted by Crippen LogP contribution is 2.34. The molecule has 17 heavy (non-hydrogen) atoms. The van der Waals surface area contributed by atoms with E-state index in [1.54, 1.807) is 11.8 Å². The molecule has 96 valence electrons. The molecule has 2 rings (SSSR count). The Morgan fingerprint density at radius 1 is 1.41 bits per heavy atom. The minimum Gasteiger partial charge on any atom is -0.343 e. The van der Waals surface area contributed by atoms with Crippen LogP contribution in [0.1, 0.15) is 46.5 Å². The number of hydrogen-bond acceptors (Lipinski definition) is 2. The van der Waals surface area contributed by atoms with E-state index in [4.69, 9.17) is 0 Å². The second-order valence-corrected chi connectivity index (χ2v) is 5.54. The third-order valence-corrected chi connectivity index (χ3v) is 4.22. The van der Waals surface area contributed by atoms with Gasteiger partial charge in [0.25, 0.3) is 0 Å². The van der Waals surface area contributed by atoms with E-state index >= 15 is 0 Å². The zero-order valence-electron chi connectivity index (χ0n) is 11.0. The molecular formula is C13H22N2O2. The summed E-state index contributed by atoms with van der Waals surface area (Å²) in [4.78, 5) is 26.1. The lowest BCUT2D eigenvalue weighted by Gasteiger charge is -2.45. The number of nitrogens with one attached hydrogen (secondary N) is 1. The van der Waals surface area contributed by atoms with Crippen molar-refractivity contribution in [2.24, 2.45) is 5.92 Å². The maximum absolute atomic E-state index is 12.2. The molecule has 1 heterocycles. The molecule has 2 unspecified atom stereocenters. The Kier molecular flexibility index (Phi) is 3.15. The van der Waals surface area contributed by atoms with Crippen LogP contribution < -0.4 is 5.32 Å². The molecule has 2 atom stereocenters. The number of piperazine rings is 1. The second-order valence-electron chi connectivity index (χ2n) is 5.54. The predicted octanol–water partition coefficient (Wildman–Crippen LogP) is 1.30. The fourth-order valence-electron chi connectivity index (χ4n) is 2.44. The molecule has 1 aliphatic carbocycles. The van der Waals surface area contributed by atoms with Gasteiger partial charge in [0.05, 0.1) is 0 Å². The SMILES string of the molecule is CCC1(C)C(=O)NC(C)C(=O)N1CCC1CC1. The second kappa shape index (κ2) is 4.31. The standard InChI is InChI=1S/C13H22N2O2/c1-4-13(3)12(17)14-9(2)11(16)15(13)8-7-10-5-6-10/h9-10H,4-8H2,1-3H3,(H,14,17). The van der Waals surface area contributed by atoms with Gasteiger partial charge in [-0.3, -0.25) is 9.59 Å². The molecule has 0 aromatic carbocycles. The van der Waals surface area contributed by atoms with Crippen molar-refractivity contribution in [1.82, 2.24) is 10.2 Å². The molecule has 0 bridgehead atoms. The minimum absolute atomic E-state index is 0.0112. The van der Waals surface area contributed by atoms with Crippen molar-refractivity contribution in [3.63, 3.8) is 0 Å². The van der Waals surface area contributed by atoms with E-state index in [0.29, 0.717) is 6.42 Å². The van der Waals surface area contributed by atoms with Crippen molar-refractivity contribution in [2.75, 3.05) is 6.54 Å². The Morgan fingerprint density at radius 3 is 2.59 bits per heavy atom. The van der Waals surface area contributed by atoms with Gasteiger partial charge in [0, 0.05) is 6.54 Å². The zero-order valence-corrected chi connectivity index (χ0v) is 11.0. The summed E-state index contributed by atoms with van der Waals surface area (Å²) in [5, 5.41) is 2.77. The molecule has 1 saturated heterocycles. The average molecular weight is 238 g/mol. The van der Waals surface area contributed by atoms with Gasteiger partial charge in [-0.05, 0) is 32.6 Å². The molecule has 0 spiro atoms. The molecule has 1 N–H and O–H groups in total. The molecular weight excluding hydrogens is 216 g/mol. The molecule has 0 aromatic rings. The van der Waals surface area contributed by atoms with Crippen LogP contribution in [0.3, 0.4) is 0 Å². The van der Waals surface area contributed by atoms with Gasteiger partial charge < -0.3 is 10.2 Å². The smallest absolute Gasteiger partial charge is 0.246 e. The molecule has 2 fully saturated rings. The summed E-state index contributed by atoms with van der Waals surface area (Å²) in [5.41, 5.74) is -0.654. The minimum atomic E-state index is -0.654. The van der Waals surface area contributed by atoms with Crippen LogP contribution in [0.15, 0.2) is 0 Å². The lowest BCUT2D eigenvalue weighted by atomic mass is 9.90. The van der Waals surface area contributed by atoms with E-state index in [-0.39, 0.29) is 17.9 Å². The maximum Gasteiger partial charge on any atom is 0.246 e. The van der Waals surface area contributed by atoms with E-state index in [2.05, 4.69) is 5.32 Å². The van der Waals surface area contributed by atoms with Crippen LogP contribution in [-0.2, 0) is 9.59 Å². The van der Waals surface area contributed by atoms with Crippen LogP contribution >= 0.6 is 0 Å². The average Bonchev–Trinajstić information content (AvgIpc) is 3.10. The Morgan fingerprint density at radius 2 is 2.06 bits per heavy atom. The highest BCUT2D eigenvalue weighted by atomic mass is 16.2. The quantitative estimate of drug-likeness (QED) is 0.802. The summed E-state index contributed by atoms with van der Waals surface area (Å²) in [6, 6.07) is -0.374. The molecule has 1 saturated carbocycles. The van der Waals surface area contributed by atoms with Gasteiger partial charge in [0.15, 0.2) is 0 Å². The zero-order chi connectivity index (χ0) is 12.6. The number of carbonyl (C=O) groups excluding carboxylic acids is 2. The monoisotopic (exact) mass is 238 g/mol. The lowest BCUT2D eigenvalue weighted by molar-refractivity contribution is -0.156. The van der Waals surface area contributed by atoms with Gasteiger partial charge in [-0.2, -0.15) is 0 Å². The van der Waals surface area contributed by atoms with E-state index in [9.17, 15) is 9.59 Å². The molecule has 0 radical (unpaired) electrons. The van der Waals surface area contributed by atoms with Crippen LogP contribution in [0.2, 0.25) is 0 Å². The van der Waals surface area contributed by atoms with Gasteiger partial charge in [-0.25, -0.2) is 0 Å². The topological polar surface area (TPSA) is 49.4 Å². The normalized spacial score (nSPS) is 33.8. The third kappa shape index (κ3) is 2.17. The van der Waals surface area contributed by atoms with Gasteiger partial charge in [-0.1, -0.05) is 19.8 Å². The van der Waals surface area contributed by atoms with E-state index in [0.717, 1.165) is 18.9 Å². The number of amides is 2. The lowest BCUT2D eigenvalue weighted by Crippen LogP contribution is -2.68. The molecule has 4 nitrogen and oxygen atoms in total. The first-order valence-corrected chi connectivity index (χ1v) is 6.61. The number of nitrogens with zero attached hydrogens (tertiary/aromatic N) is 1. The van der Waals surface area contributed by atoms with Crippen molar-refractivity contribution in [3.05, 3.63) is 0 Å². The van der Waals surface area contributed by atoms with Crippen LogP contribution in [0, 0.1) is 5.92 Å². The first-order chi connectivity index (χ1) is 7.99. The van der Waals surface area contributed by atoms with Gasteiger partial charge in [-0.15, -0.1) is 0 Å². The molecule has 2 aliphatic rings. The summed E-state index contributed by atoms with van der Waals surface area (Å²) in [7, 11) is 0. The van der Waals surface area contributed by atoms with Crippen molar-refractivity contribution < 1.29 is 9.59 Å². The van der Waals surface area contributed by atoms with Gasteiger partial charge in [0.1, 0.15) is 11.6 Å². The van der Waals surface area contributed by atoms with Crippen molar-refractivity contribution in [2.45, 2.75) is 58.0 Å². The highest BCUT2D eigenvalue weighted by molar-refractivity contribution is 5.99. The van der Waals surface area contributed by atoms with Crippen molar-refractivity contribution in [3.8, 4) is 0 Å². The Bertz CT molecular complexity index is 338. The Balaban J connectivity index is 2.13. The third-order valence-electron chi connectivity index (χ3n) is 4.22. The Hall–Kier alpha value is -1.06. The summed E-state index contributed by atoms with van der Waals surface area (Å²) < 4.78 is 0.